The van der Waals surface area contributed by atoms with E-state index in [4.69, 9.17) is 0 Å². The van der Waals surface area contributed by atoms with Gasteiger partial charge in [-0.3, -0.25) is 0 Å². The summed E-state index contributed by atoms with van der Waals surface area (Å²) in [6.45, 7) is 2.42. The van der Waals surface area contributed by atoms with Crippen molar-refractivity contribution in [1.82, 2.24) is 23.4 Å². The van der Waals surface area contributed by atoms with E-state index in [1.165, 1.54) is 16.8 Å². The van der Waals surface area contributed by atoms with Gasteiger partial charge < -0.3 is 9.13 Å². The van der Waals surface area contributed by atoms with Crippen molar-refractivity contribution in [3.8, 4) is 0 Å². The summed E-state index contributed by atoms with van der Waals surface area (Å²) in [6, 6.07) is -0.212. The van der Waals surface area contributed by atoms with Crippen LogP contribution in [0, 0.1) is 6.92 Å². The van der Waals surface area contributed by atoms with Crippen molar-refractivity contribution in [2.45, 2.75) is 30.8 Å². The molecule has 0 bridgehead atoms. The van der Waals surface area contributed by atoms with Crippen molar-refractivity contribution in [2.24, 2.45) is 14.1 Å². The highest BCUT2D eigenvalue weighted by atomic mass is 32.2. The minimum atomic E-state index is -3.57. The molecule has 0 aromatic carbocycles. The van der Waals surface area contributed by atoms with Crippen LogP contribution in [-0.2, 0) is 24.1 Å². The summed E-state index contributed by atoms with van der Waals surface area (Å²) in [4.78, 5) is 8.48. The molecule has 1 atom stereocenters. The molecule has 1 aliphatic heterocycles. The zero-order valence-corrected chi connectivity index (χ0v) is 13.2. The zero-order valence-electron chi connectivity index (χ0n) is 12.4. The molecule has 7 nitrogen and oxygen atoms in total. The molecule has 0 amide bonds. The fourth-order valence-electron chi connectivity index (χ4n) is 2.87. The summed E-state index contributed by atoms with van der Waals surface area (Å²) < 4.78 is 30.6. The van der Waals surface area contributed by atoms with Gasteiger partial charge in [-0.1, -0.05) is 0 Å². The van der Waals surface area contributed by atoms with Crippen LogP contribution in [0.15, 0.2) is 23.7 Å². The Labute approximate surface area is 124 Å². The minimum absolute atomic E-state index is 0.0998. The summed E-state index contributed by atoms with van der Waals surface area (Å²) in [6.07, 6.45) is 6.58. The molecule has 1 aliphatic rings. The summed E-state index contributed by atoms with van der Waals surface area (Å²) in [5.74, 6) is 0.796. The quantitative estimate of drug-likeness (QED) is 0.847. The Balaban J connectivity index is 1.99. The van der Waals surface area contributed by atoms with Crippen LogP contribution in [0.5, 0.6) is 0 Å². The Kier molecular flexibility index (Phi) is 3.37. The van der Waals surface area contributed by atoms with Crippen molar-refractivity contribution in [3.05, 3.63) is 30.2 Å². The largest absolute Gasteiger partial charge is 0.339 e. The second-order valence-electron chi connectivity index (χ2n) is 5.50. The van der Waals surface area contributed by atoms with Crippen LogP contribution in [-0.4, -0.2) is 38.4 Å². The number of aromatic nitrogens is 4. The number of hydrogen-bond donors (Lipinski definition) is 0. The molecule has 2 aromatic rings. The van der Waals surface area contributed by atoms with E-state index in [1.54, 1.807) is 11.6 Å². The highest BCUT2D eigenvalue weighted by Crippen LogP contribution is 2.35. The smallest absolute Gasteiger partial charge is 0.262 e. The van der Waals surface area contributed by atoms with Crippen LogP contribution in [0.25, 0.3) is 0 Å². The first-order valence-electron chi connectivity index (χ1n) is 6.89. The first-order valence-corrected chi connectivity index (χ1v) is 8.33. The van der Waals surface area contributed by atoms with Crippen molar-refractivity contribution >= 4 is 10.0 Å². The number of rotatable bonds is 3. The maximum atomic E-state index is 12.8. The van der Waals surface area contributed by atoms with Crippen molar-refractivity contribution in [3.63, 3.8) is 0 Å². The summed E-state index contributed by atoms with van der Waals surface area (Å²) in [5.41, 5.74) is 0.898. The predicted molar refractivity (Wildman–Crippen MR) is 77.0 cm³/mol. The maximum absolute atomic E-state index is 12.8. The summed E-state index contributed by atoms with van der Waals surface area (Å²) in [7, 11) is 0.0869. The van der Waals surface area contributed by atoms with E-state index in [2.05, 4.69) is 9.97 Å². The summed E-state index contributed by atoms with van der Waals surface area (Å²) >= 11 is 0. The van der Waals surface area contributed by atoms with Crippen LogP contribution >= 0.6 is 0 Å². The van der Waals surface area contributed by atoms with Gasteiger partial charge in [0.05, 0.1) is 18.1 Å². The van der Waals surface area contributed by atoms with Gasteiger partial charge in [0.15, 0.2) is 5.03 Å². The third-order valence-electron chi connectivity index (χ3n) is 3.79. The lowest BCUT2D eigenvalue weighted by Gasteiger charge is -2.22. The normalized spacial score (nSPS) is 20.2. The molecule has 0 spiro atoms. The Bertz CT molecular complexity index is 761. The number of nitrogens with zero attached hydrogens (tertiary/aromatic N) is 5. The fraction of sp³-hybridized carbons (Fsp3) is 0.538. The molecule has 0 unspecified atom stereocenters. The van der Waals surface area contributed by atoms with Crippen molar-refractivity contribution in [1.29, 1.82) is 0 Å². The van der Waals surface area contributed by atoms with Crippen LogP contribution in [0.2, 0.25) is 0 Å². The van der Waals surface area contributed by atoms with Gasteiger partial charge in [0.25, 0.3) is 10.0 Å². The van der Waals surface area contributed by atoms with Gasteiger partial charge in [-0.05, 0) is 19.8 Å². The Hall–Kier alpha value is -1.67. The Morgan fingerprint density at radius 3 is 2.62 bits per heavy atom. The van der Waals surface area contributed by atoms with E-state index < -0.39 is 10.0 Å². The van der Waals surface area contributed by atoms with Gasteiger partial charge in [-0.15, -0.1) is 0 Å². The lowest BCUT2D eigenvalue weighted by atomic mass is 10.2. The number of sulfonamides is 1. The Morgan fingerprint density at radius 1 is 1.29 bits per heavy atom. The van der Waals surface area contributed by atoms with E-state index in [1.807, 2.05) is 24.7 Å². The van der Waals surface area contributed by atoms with Gasteiger partial charge in [-0.2, -0.15) is 4.31 Å². The molecule has 0 saturated carbocycles. The average molecular weight is 309 g/mol. The summed E-state index contributed by atoms with van der Waals surface area (Å²) in [5, 5.41) is 0.0998. The molecule has 3 heterocycles. The molecule has 114 valence electrons. The van der Waals surface area contributed by atoms with Crippen LogP contribution in [0.3, 0.4) is 0 Å². The first kappa shape index (κ1) is 14.3. The van der Waals surface area contributed by atoms with E-state index in [-0.39, 0.29) is 11.1 Å². The van der Waals surface area contributed by atoms with Crippen molar-refractivity contribution in [2.75, 3.05) is 6.54 Å². The SMILES string of the molecule is Cc1cn(C)c([C@H]2CCCN2S(=O)(=O)c2cn(C)cn2)n1. The van der Waals surface area contributed by atoms with E-state index in [9.17, 15) is 8.42 Å². The third kappa shape index (κ3) is 2.38. The lowest BCUT2D eigenvalue weighted by Crippen LogP contribution is -2.32. The van der Waals surface area contributed by atoms with Crippen molar-refractivity contribution < 1.29 is 8.42 Å². The molecule has 2 aromatic heterocycles. The highest BCUT2D eigenvalue weighted by Gasteiger charge is 2.39. The monoisotopic (exact) mass is 309 g/mol. The van der Waals surface area contributed by atoms with E-state index in [0.29, 0.717) is 6.54 Å². The van der Waals surface area contributed by atoms with Gasteiger partial charge >= 0.3 is 0 Å². The molecule has 1 saturated heterocycles. The van der Waals surface area contributed by atoms with Gasteiger partial charge in [0.1, 0.15) is 5.82 Å². The number of hydrogen-bond acceptors (Lipinski definition) is 4. The molecular formula is C13H19N5O2S. The van der Waals surface area contributed by atoms with Crippen LogP contribution < -0.4 is 0 Å². The van der Waals surface area contributed by atoms with Crippen LogP contribution in [0.1, 0.15) is 30.4 Å². The molecule has 21 heavy (non-hydrogen) atoms. The third-order valence-corrected chi connectivity index (χ3v) is 5.58. The fourth-order valence-corrected chi connectivity index (χ4v) is 4.50. The molecule has 8 heteroatoms. The molecular weight excluding hydrogens is 290 g/mol. The molecule has 0 N–H and O–H groups in total. The molecule has 0 radical (unpaired) electrons. The standard InChI is InChI=1S/C13H19N5O2S/c1-10-7-17(3)13(15-10)11-5-4-6-18(11)21(19,20)12-8-16(2)9-14-12/h7-9,11H,4-6H2,1-3H3/t11-/m1/s1. The van der Waals surface area contributed by atoms with Gasteiger partial charge in [-0.25, -0.2) is 18.4 Å². The number of aryl methyl sites for hydroxylation is 3. The second kappa shape index (κ2) is 4.96. The van der Waals surface area contributed by atoms with Crippen LogP contribution in [0.4, 0.5) is 0 Å². The molecule has 3 rings (SSSR count). The number of imidazole rings is 2. The van der Waals surface area contributed by atoms with Gasteiger partial charge in [0, 0.05) is 33.0 Å². The van der Waals surface area contributed by atoms with E-state index >= 15 is 0 Å². The molecule has 1 fully saturated rings. The lowest BCUT2D eigenvalue weighted by molar-refractivity contribution is 0.376. The average Bonchev–Trinajstić information content (AvgIpc) is 3.09. The topological polar surface area (TPSA) is 73.0 Å². The maximum Gasteiger partial charge on any atom is 0.262 e. The van der Waals surface area contributed by atoms with E-state index in [0.717, 1.165) is 24.4 Å². The zero-order chi connectivity index (χ0) is 15.2. The minimum Gasteiger partial charge on any atom is -0.339 e. The second-order valence-corrected chi connectivity index (χ2v) is 7.34. The highest BCUT2D eigenvalue weighted by molar-refractivity contribution is 7.89. The Morgan fingerprint density at radius 2 is 2.05 bits per heavy atom. The molecule has 0 aliphatic carbocycles. The predicted octanol–water partition coefficient (Wildman–Crippen LogP) is 0.988. The van der Waals surface area contributed by atoms with Gasteiger partial charge in [0.2, 0.25) is 0 Å². The first-order chi connectivity index (χ1) is 9.89.